The second-order valence-electron chi connectivity index (χ2n) is 2.88. The van der Waals surface area contributed by atoms with Crippen LogP contribution in [0.5, 0.6) is 0 Å². The predicted molar refractivity (Wildman–Crippen MR) is 47.1 cm³/mol. The molecule has 2 nitrogen and oxygen atoms in total. The fourth-order valence-corrected chi connectivity index (χ4v) is 0.748. The molecule has 0 saturated heterocycles. The average molecular weight is 156 g/mol. The third-order valence-corrected chi connectivity index (χ3v) is 1.90. The van der Waals surface area contributed by atoms with Gasteiger partial charge in [-0.05, 0) is 12.3 Å². The Bertz CT molecular complexity index is 112. The Balaban J connectivity index is 3.20. The number of amides is 1. The van der Waals surface area contributed by atoms with Gasteiger partial charge in [0.2, 0.25) is 5.91 Å². The van der Waals surface area contributed by atoms with Crippen LogP contribution in [0.1, 0.15) is 33.6 Å². The summed E-state index contributed by atoms with van der Waals surface area (Å²) in [6, 6.07) is 0. The molecule has 0 bridgehead atoms. The predicted octanol–water partition coefficient (Wildman–Crippen LogP) is 1.76. The molecule has 0 aromatic carbocycles. The summed E-state index contributed by atoms with van der Waals surface area (Å²) in [7, 11) is 0. The summed E-state index contributed by atoms with van der Waals surface area (Å²) in [4.78, 5) is 10.7. The molecule has 2 heteroatoms. The number of nitrogens with one attached hydrogen (secondary N) is 1. The second-order valence-corrected chi connectivity index (χ2v) is 2.88. The van der Waals surface area contributed by atoms with E-state index >= 15 is 0 Å². The fraction of sp³-hybridized carbons (Fsp3) is 0.778. The number of carbonyl (C=O) groups is 1. The first kappa shape index (κ1) is 10.5. The molecule has 1 N–H and O–H groups in total. The van der Waals surface area contributed by atoms with Gasteiger partial charge < -0.3 is 5.32 Å². The number of hydrogen-bond donors (Lipinski definition) is 1. The summed E-state index contributed by atoms with van der Waals surface area (Å²) in [6.45, 7) is 6.91. The molecule has 1 radical (unpaired) electrons. The summed E-state index contributed by atoms with van der Waals surface area (Å²) in [6.07, 6.45) is 3.82. The van der Waals surface area contributed by atoms with E-state index in [1.54, 1.807) is 13.3 Å². The zero-order valence-electron chi connectivity index (χ0n) is 7.68. The van der Waals surface area contributed by atoms with E-state index in [-0.39, 0.29) is 5.91 Å². The fourth-order valence-electron chi connectivity index (χ4n) is 0.748. The third kappa shape index (κ3) is 5.89. The normalized spacial score (nSPS) is 12.6. The van der Waals surface area contributed by atoms with Gasteiger partial charge in [-0.1, -0.05) is 27.2 Å². The minimum absolute atomic E-state index is 0.0355. The van der Waals surface area contributed by atoms with Gasteiger partial charge in [0.05, 0.1) is 0 Å². The standard InChI is InChI=1S/C9H18NO/c1-4-8(3)6-7-10-9(11)5-2/h5,8H,4,6-7H2,1-3H3,(H,10,11). The molecule has 1 amide bonds. The summed E-state index contributed by atoms with van der Waals surface area (Å²) in [5.41, 5.74) is 0. The van der Waals surface area contributed by atoms with Crippen LogP contribution in [-0.2, 0) is 4.79 Å². The van der Waals surface area contributed by atoms with Crippen LogP contribution in [0.4, 0.5) is 0 Å². The van der Waals surface area contributed by atoms with E-state index in [0.717, 1.165) is 13.0 Å². The highest BCUT2D eigenvalue weighted by atomic mass is 16.1. The third-order valence-electron chi connectivity index (χ3n) is 1.90. The van der Waals surface area contributed by atoms with E-state index in [2.05, 4.69) is 19.2 Å². The molecule has 0 aliphatic carbocycles. The van der Waals surface area contributed by atoms with E-state index in [4.69, 9.17) is 0 Å². The molecule has 0 fully saturated rings. The lowest BCUT2D eigenvalue weighted by molar-refractivity contribution is -0.117. The Morgan fingerprint density at radius 2 is 2.27 bits per heavy atom. The van der Waals surface area contributed by atoms with Crippen molar-refractivity contribution >= 4 is 5.91 Å². The van der Waals surface area contributed by atoms with E-state index in [0.29, 0.717) is 5.92 Å². The Morgan fingerprint density at radius 3 is 2.73 bits per heavy atom. The van der Waals surface area contributed by atoms with Crippen molar-refractivity contribution in [2.75, 3.05) is 6.54 Å². The van der Waals surface area contributed by atoms with Gasteiger partial charge in [-0.25, -0.2) is 0 Å². The van der Waals surface area contributed by atoms with E-state index < -0.39 is 0 Å². The van der Waals surface area contributed by atoms with Crippen LogP contribution in [0, 0.1) is 12.3 Å². The van der Waals surface area contributed by atoms with Crippen molar-refractivity contribution in [1.29, 1.82) is 0 Å². The summed E-state index contributed by atoms with van der Waals surface area (Å²) in [5.74, 6) is 0.750. The van der Waals surface area contributed by atoms with Gasteiger partial charge in [0.1, 0.15) is 0 Å². The van der Waals surface area contributed by atoms with Gasteiger partial charge in [0, 0.05) is 13.0 Å². The molecule has 0 aromatic heterocycles. The van der Waals surface area contributed by atoms with Gasteiger partial charge in [0.15, 0.2) is 0 Å². The lowest BCUT2D eigenvalue weighted by Gasteiger charge is -2.07. The van der Waals surface area contributed by atoms with Gasteiger partial charge in [0.25, 0.3) is 0 Å². The van der Waals surface area contributed by atoms with Crippen molar-refractivity contribution in [1.82, 2.24) is 5.32 Å². The highest BCUT2D eigenvalue weighted by molar-refractivity contribution is 5.83. The van der Waals surface area contributed by atoms with Crippen molar-refractivity contribution < 1.29 is 4.79 Å². The smallest absolute Gasteiger partial charge is 0.223 e. The maximum atomic E-state index is 10.7. The van der Waals surface area contributed by atoms with Gasteiger partial charge in [-0.15, -0.1) is 0 Å². The highest BCUT2D eigenvalue weighted by Crippen LogP contribution is 2.03. The minimum atomic E-state index is 0.0355. The molecule has 1 atom stereocenters. The van der Waals surface area contributed by atoms with Crippen molar-refractivity contribution in [3.05, 3.63) is 6.42 Å². The largest absolute Gasteiger partial charge is 0.356 e. The first-order chi connectivity index (χ1) is 5.20. The Labute approximate surface area is 69.4 Å². The van der Waals surface area contributed by atoms with Crippen LogP contribution in [0.3, 0.4) is 0 Å². The van der Waals surface area contributed by atoms with Gasteiger partial charge in [-0.3, -0.25) is 4.79 Å². The van der Waals surface area contributed by atoms with Crippen molar-refractivity contribution in [3.63, 3.8) is 0 Å². The Kier molecular flexibility index (Phi) is 5.90. The SMILES string of the molecule is C[CH]C(=O)NCCC(C)CC. The van der Waals surface area contributed by atoms with E-state index in [1.165, 1.54) is 6.42 Å². The maximum Gasteiger partial charge on any atom is 0.223 e. The van der Waals surface area contributed by atoms with Crippen LogP contribution in [-0.4, -0.2) is 12.5 Å². The zero-order chi connectivity index (χ0) is 8.69. The molecule has 0 aromatic rings. The van der Waals surface area contributed by atoms with Crippen LogP contribution in [0.15, 0.2) is 0 Å². The molecule has 0 rings (SSSR count). The molecule has 0 heterocycles. The lowest BCUT2D eigenvalue weighted by Crippen LogP contribution is -2.24. The Hall–Kier alpha value is -0.530. The number of hydrogen-bond acceptors (Lipinski definition) is 1. The first-order valence-electron chi connectivity index (χ1n) is 4.27. The topological polar surface area (TPSA) is 29.1 Å². The molecule has 65 valence electrons. The van der Waals surface area contributed by atoms with Gasteiger partial charge in [-0.2, -0.15) is 0 Å². The van der Waals surface area contributed by atoms with Gasteiger partial charge >= 0.3 is 0 Å². The molecular weight excluding hydrogens is 138 g/mol. The van der Waals surface area contributed by atoms with Crippen LogP contribution in [0.2, 0.25) is 0 Å². The van der Waals surface area contributed by atoms with E-state index in [9.17, 15) is 4.79 Å². The first-order valence-corrected chi connectivity index (χ1v) is 4.27. The van der Waals surface area contributed by atoms with Crippen molar-refractivity contribution in [3.8, 4) is 0 Å². The summed E-state index contributed by atoms with van der Waals surface area (Å²) in [5, 5.41) is 2.80. The maximum absolute atomic E-state index is 10.7. The molecule has 11 heavy (non-hydrogen) atoms. The zero-order valence-corrected chi connectivity index (χ0v) is 7.68. The monoisotopic (exact) mass is 156 g/mol. The molecule has 0 saturated carbocycles. The van der Waals surface area contributed by atoms with Crippen LogP contribution >= 0.6 is 0 Å². The molecule has 0 aliphatic rings. The minimum Gasteiger partial charge on any atom is -0.356 e. The van der Waals surface area contributed by atoms with Crippen LogP contribution < -0.4 is 5.32 Å². The number of rotatable bonds is 5. The van der Waals surface area contributed by atoms with Crippen molar-refractivity contribution in [2.45, 2.75) is 33.6 Å². The second kappa shape index (κ2) is 6.20. The molecule has 0 spiro atoms. The highest BCUT2D eigenvalue weighted by Gasteiger charge is 1.99. The van der Waals surface area contributed by atoms with Crippen molar-refractivity contribution in [2.24, 2.45) is 5.92 Å². The van der Waals surface area contributed by atoms with E-state index in [1.807, 2.05) is 0 Å². The molecule has 1 unspecified atom stereocenters. The van der Waals surface area contributed by atoms with Crippen LogP contribution in [0.25, 0.3) is 0 Å². The lowest BCUT2D eigenvalue weighted by atomic mass is 10.1. The molecule has 0 aliphatic heterocycles. The molecular formula is C9H18NO. The Morgan fingerprint density at radius 1 is 1.64 bits per heavy atom. The average Bonchev–Trinajstić information content (AvgIpc) is 2.04. The summed E-state index contributed by atoms with van der Waals surface area (Å²) >= 11 is 0. The quantitative estimate of drug-likeness (QED) is 0.645. The summed E-state index contributed by atoms with van der Waals surface area (Å²) < 4.78 is 0. The number of carbonyl (C=O) groups excluding carboxylic acids is 1.